The molecule has 0 radical (unpaired) electrons. The van der Waals surface area contributed by atoms with Crippen molar-refractivity contribution in [2.75, 3.05) is 0 Å². The zero-order chi connectivity index (χ0) is 17.7. The van der Waals surface area contributed by atoms with Crippen LogP contribution in [0.4, 0.5) is 52.7 Å². The number of hydrogen-bond donors (Lipinski definition) is 2. The van der Waals surface area contributed by atoms with Crippen LogP contribution < -0.4 is 11.5 Å². The van der Waals surface area contributed by atoms with Crippen LogP contribution in [-0.2, 0) is 0 Å². The minimum Gasteiger partial charge on any atom is -0.373 e. The Morgan fingerprint density at radius 2 is 0.952 bits per heavy atom. The molecule has 0 aromatic carbocycles. The van der Waals surface area contributed by atoms with E-state index in [1.165, 1.54) is 0 Å². The second-order valence-corrected chi connectivity index (χ2v) is 3.58. The van der Waals surface area contributed by atoms with Gasteiger partial charge in [0.25, 0.3) is 0 Å². The normalized spacial score (nSPS) is 16.8. The third kappa shape index (κ3) is 2.60. The number of alkyl halides is 10. The molecule has 0 aliphatic rings. The molecule has 2 nitrogen and oxygen atoms in total. The summed E-state index contributed by atoms with van der Waals surface area (Å²) in [5, 5.41) is 0. The van der Waals surface area contributed by atoms with E-state index in [4.69, 9.17) is 0 Å². The second-order valence-electron chi connectivity index (χ2n) is 3.58. The molecule has 0 rings (SSSR count). The molecule has 14 heteroatoms. The molecule has 0 fully saturated rings. The lowest BCUT2D eigenvalue weighted by Crippen LogP contribution is -2.69. The second kappa shape index (κ2) is 4.84. The summed E-state index contributed by atoms with van der Waals surface area (Å²) in [6, 6.07) is -6.38. The van der Waals surface area contributed by atoms with Crippen molar-refractivity contribution in [1.29, 1.82) is 0 Å². The standard InChI is InChI=1S/C7H4F12N2/c8-1(2(9)20)3(10,11)4(12,13)5(14,15)6(16,17)7(18,19)21/h20-21H2. The van der Waals surface area contributed by atoms with Crippen LogP contribution in [0, 0.1) is 0 Å². The van der Waals surface area contributed by atoms with Gasteiger partial charge in [-0.3, -0.25) is 5.73 Å². The zero-order valence-corrected chi connectivity index (χ0v) is 9.19. The molecule has 0 bridgehead atoms. The van der Waals surface area contributed by atoms with Crippen LogP contribution in [0.25, 0.3) is 0 Å². The van der Waals surface area contributed by atoms with Crippen molar-refractivity contribution < 1.29 is 52.7 Å². The van der Waals surface area contributed by atoms with Gasteiger partial charge in [0.2, 0.25) is 11.8 Å². The lowest BCUT2D eigenvalue weighted by atomic mass is 9.96. The third-order valence-electron chi connectivity index (χ3n) is 2.09. The molecule has 126 valence electrons. The van der Waals surface area contributed by atoms with E-state index in [0.717, 1.165) is 0 Å². The summed E-state index contributed by atoms with van der Waals surface area (Å²) in [5.74, 6) is -36.5. The average Bonchev–Trinajstić information content (AvgIpc) is 2.25. The summed E-state index contributed by atoms with van der Waals surface area (Å²) in [5.41, 5.74) is 6.91. The molecule has 0 aromatic rings. The van der Waals surface area contributed by atoms with Crippen molar-refractivity contribution in [3.8, 4) is 0 Å². The summed E-state index contributed by atoms with van der Waals surface area (Å²) in [4.78, 5) is 0. The van der Waals surface area contributed by atoms with Crippen molar-refractivity contribution in [2.24, 2.45) is 11.5 Å². The maximum atomic E-state index is 12.8. The van der Waals surface area contributed by atoms with Crippen molar-refractivity contribution in [3.63, 3.8) is 0 Å². The van der Waals surface area contributed by atoms with Gasteiger partial charge in [0.1, 0.15) is 0 Å². The lowest BCUT2D eigenvalue weighted by molar-refractivity contribution is -0.396. The van der Waals surface area contributed by atoms with Crippen LogP contribution in [0.5, 0.6) is 0 Å². The molecule has 0 aromatic heterocycles. The predicted molar refractivity (Wildman–Crippen MR) is 42.4 cm³/mol. The number of hydrogen-bond acceptors (Lipinski definition) is 2. The molecular weight excluding hydrogens is 340 g/mol. The van der Waals surface area contributed by atoms with E-state index in [-0.39, 0.29) is 0 Å². The molecule has 0 heterocycles. The first-order chi connectivity index (χ1) is 8.85. The summed E-state index contributed by atoms with van der Waals surface area (Å²) in [6.07, 6.45) is 0. The third-order valence-corrected chi connectivity index (χ3v) is 2.09. The molecule has 0 atom stereocenters. The van der Waals surface area contributed by atoms with E-state index in [1.807, 2.05) is 0 Å². The van der Waals surface area contributed by atoms with E-state index < -0.39 is 41.5 Å². The number of allylic oxidation sites excluding steroid dienone is 1. The van der Waals surface area contributed by atoms with Crippen LogP contribution >= 0.6 is 0 Å². The number of rotatable bonds is 5. The highest BCUT2D eigenvalue weighted by Crippen LogP contribution is 2.57. The van der Waals surface area contributed by atoms with E-state index in [1.54, 1.807) is 0 Å². The largest absolute Gasteiger partial charge is 0.392 e. The maximum absolute atomic E-state index is 12.8. The zero-order valence-electron chi connectivity index (χ0n) is 9.19. The van der Waals surface area contributed by atoms with Gasteiger partial charge in [-0.05, 0) is 0 Å². The highest BCUT2D eigenvalue weighted by atomic mass is 19.4. The van der Waals surface area contributed by atoms with Gasteiger partial charge in [-0.15, -0.1) is 0 Å². The molecule has 0 saturated heterocycles. The number of nitrogens with two attached hydrogens (primary N) is 2. The Labute approximate surface area is 107 Å². The summed E-state index contributed by atoms with van der Waals surface area (Å²) in [6.45, 7) is 0. The fourth-order valence-electron chi connectivity index (χ4n) is 0.891. The summed E-state index contributed by atoms with van der Waals surface area (Å²) >= 11 is 0. The Balaban J connectivity index is 6.20. The Bertz CT molecular complexity index is 429. The fourth-order valence-corrected chi connectivity index (χ4v) is 0.891. The Morgan fingerprint density at radius 3 is 1.19 bits per heavy atom. The first kappa shape index (κ1) is 19.7. The van der Waals surface area contributed by atoms with Gasteiger partial charge in [0.15, 0.2) is 0 Å². The van der Waals surface area contributed by atoms with Crippen LogP contribution in [-0.4, -0.2) is 29.7 Å². The lowest BCUT2D eigenvalue weighted by Gasteiger charge is -2.37. The van der Waals surface area contributed by atoms with Gasteiger partial charge in [-0.1, -0.05) is 0 Å². The Morgan fingerprint density at radius 1 is 0.619 bits per heavy atom. The van der Waals surface area contributed by atoms with E-state index in [2.05, 4.69) is 11.5 Å². The molecule has 4 N–H and O–H groups in total. The van der Waals surface area contributed by atoms with Crippen LogP contribution in [0.3, 0.4) is 0 Å². The molecule has 0 unspecified atom stereocenters. The molecule has 0 aliphatic heterocycles. The van der Waals surface area contributed by atoms with Crippen LogP contribution in [0.2, 0.25) is 0 Å². The Kier molecular flexibility index (Phi) is 4.54. The number of halogens is 12. The molecule has 0 aliphatic carbocycles. The quantitative estimate of drug-likeness (QED) is 0.595. The van der Waals surface area contributed by atoms with Gasteiger partial charge in [0.05, 0.1) is 0 Å². The summed E-state index contributed by atoms with van der Waals surface area (Å²) in [7, 11) is 0. The highest BCUT2D eigenvalue weighted by molar-refractivity contribution is 5.18. The molecule has 0 spiro atoms. The highest BCUT2D eigenvalue weighted by Gasteiger charge is 2.86. The van der Waals surface area contributed by atoms with Gasteiger partial charge < -0.3 is 5.73 Å². The molecule has 0 amide bonds. The fraction of sp³-hybridized carbons (Fsp3) is 0.714. The first-order valence-electron chi connectivity index (χ1n) is 4.35. The minimum atomic E-state index is -7.56. The van der Waals surface area contributed by atoms with Crippen LogP contribution in [0.15, 0.2) is 11.8 Å². The van der Waals surface area contributed by atoms with Crippen molar-refractivity contribution >= 4 is 0 Å². The monoisotopic (exact) mass is 344 g/mol. The van der Waals surface area contributed by atoms with Crippen molar-refractivity contribution in [3.05, 3.63) is 11.8 Å². The summed E-state index contributed by atoms with van der Waals surface area (Å²) < 4.78 is 150. The topological polar surface area (TPSA) is 52.0 Å². The smallest absolute Gasteiger partial charge is 0.373 e. The van der Waals surface area contributed by atoms with E-state index in [9.17, 15) is 52.7 Å². The predicted octanol–water partition coefficient (Wildman–Crippen LogP) is 3.15. The Hall–Kier alpha value is -1.34. The average molecular weight is 344 g/mol. The maximum Gasteiger partial charge on any atom is 0.392 e. The van der Waals surface area contributed by atoms with E-state index in [0.29, 0.717) is 0 Å². The van der Waals surface area contributed by atoms with Gasteiger partial charge >= 0.3 is 29.7 Å². The van der Waals surface area contributed by atoms with Crippen molar-refractivity contribution in [2.45, 2.75) is 29.7 Å². The van der Waals surface area contributed by atoms with Gasteiger partial charge in [-0.25, -0.2) is 0 Å². The van der Waals surface area contributed by atoms with Gasteiger partial charge in [0, 0.05) is 0 Å². The molecule has 0 saturated carbocycles. The van der Waals surface area contributed by atoms with E-state index >= 15 is 0 Å². The van der Waals surface area contributed by atoms with Crippen LogP contribution in [0.1, 0.15) is 0 Å². The first-order valence-corrected chi connectivity index (χ1v) is 4.35. The SMILES string of the molecule is NC(F)=C(F)C(F)(F)C(F)(F)C(F)(F)C(F)(F)C(N)(F)F. The van der Waals surface area contributed by atoms with Crippen molar-refractivity contribution in [1.82, 2.24) is 0 Å². The molecular formula is C7H4F12N2. The minimum absolute atomic E-state index is 3.23. The van der Waals surface area contributed by atoms with Gasteiger partial charge in [-0.2, -0.15) is 52.7 Å². The molecule has 21 heavy (non-hydrogen) atoms.